The number of hydrogen-bond donors (Lipinski definition) is 1. The lowest BCUT2D eigenvalue weighted by Gasteiger charge is -2.21. The Bertz CT molecular complexity index is 704. The number of rotatable bonds is 4. The summed E-state index contributed by atoms with van der Waals surface area (Å²) >= 11 is 1.43. The Hall–Kier alpha value is -1.69. The molecule has 1 N–H and O–H groups in total. The number of anilines is 1. The van der Waals surface area contributed by atoms with Gasteiger partial charge in [0.15, 0.2) is 5.01 Å². The molecule has 0 atom stereocenters. The Kier molecular flexibility index (Phi) is 4.05. The molecule has 0 unspecified atom stereocenters. The molecule has 1 aliphatic carbocycles. The maximum absolute atomic E-state index is 12.8. The van der Waals surface area contributed by atoms with Crippen LogP contribution in [0.1, 0.15) is 37.4 Å². The molecule has 2 aromatic rings. The first-order valence-corrected chi connectivity index (χ1v) is 8.33. The van der Waals surface area contributed by atoms with Crippen molar-refractivity contribution >= 4 is 16.5 Å². The molecule has 0 saturated heterocycles. The molecule has 5 nitrogen and oxygen atoms in total. The van der Waals surface area contributed by atoms with Crippen LogP contribution in [0, 0.1) is 0 Å². The minimum Gasteiger partial charge on any atom is -0.363 e. The first kappa shape index (κ1) is 14.3. The molecular weight excluding hydrogens is 284 g/mol. The van der Waals surface area contributed by atoms with Crippen molar-refractivity contribution in [3.63, 3.8) is 0 Å². The van der Waals surface area contributed by atoms with E-state index < -0.39 is 0 Å². The van der Waals surface area contributed by atoms with E-state index >= 15 is 0 Å². The van der Waals surface area contributed by atoms with Crippen LogP contribution in [-0.2, 0) is 19.4 Å². The minimum absolute atomic E-state index is 0.0799. The van der Waals surface area contributed by atoms with E-state index in [-0.39, 0.29) is 5.56 Å². The molecule has 112 valence electrons. The third kappa shape index (κ3) is 2.60. The molecule has 0 aromatic carbocycles. The molecule has 6 heteroatoms. The maximum Gasteiger partial charge on any atom is 0.261 e. The summed E-state index contributed by atoms with van der Waals surface area (Å²) in [6, 6.07) is 2.04. The van der Waals surface area contributed by atoms with Gasteiger partial charge in [0.2, 0.25) is 5.13 Å². The van der Waals surface area contributed by atoms with Gasteiger partial charge in [-0.2, -0.15) is 0 Å². The van der Waals surface area contributed by atoms with Crippen molar-refractivity contribution in [3.8, 4) is 10.6 Å². The van der Waals surface area contributed by atoms with E-state index in [1.165, 1.54) is 35.4 Å². The Balaban J connectivity index is 2.16. The van der Waals surface area contributed by atoms with Crippen LogP contribution in [0.5, 0.6) is 0 Å². The zero-order valence-electron chi connectivity index (χ0n) is 12.5. The first-order chi connectivity index (χ1) is 10.2. The van der Waals surface area contributed by atoms with Crippen molar-refractivity contribution in [3.05, 3.63) is 27.7 Å². The SMILES string of the molecule is CCCn1c2c(cc(-c3nnc(NC)s3)c1=O)CCCC2. The topological polar surface area (TPSA) is 59.8 Å². The average Bonchev–Trinajstić information content (AvgIpc) is 2.98. The van der Waals surface area contributed by atoms with Gasteiger partial charge in [-0.25, -0.2) is 0 Å². The van der Waals surface area contributed by atoms with Crippen molar-refractivity contribution in [2.75, 3.05) is 12.4 Å². The molecule has 0 spiro atoms. The summed E-state index contributed by atoms with van der Waals surface area (Å²) in [7, 11) is 1.81. The summed E-state index contributed by atoms with van der Waals surface area (Å²) in [6.45, 7) is 2.89. The number of nitrogens with one attached hydrogen (secondary N) is 1. The van der Waals surface area contributed by atoms with Crippen LogP contribution in [0.25, 0.3) is 10.6 Å². The first-order valence-electron chi connectivity index (χ1n) is 7.51. The van der Waals surface area contributed by atoms with E-state index in [9.17, 15) is 4.79 Å². The Morgan fingerprint density at radius 2 is 2.14 bits per heavy atom. The molecule has 2 heterocycles. The molecular formula is C15H20N4OS. The van der Waals surface area contributed by atoms with Gasteiger partial charge in [0.1, 0.15) is 0 Å². The summed E-state index contributed by atoms with van der Waals surface area (Å²) in [5.41, 5.74) is 3.32. The Morgan fingerprint density at radius 1 is 1.33 bits per heavy atom. The molecule has 0 amide bonds. The van der Waals surface area contributed by atoms with Crippen molar-refractivity contribution < 1.29 is 0 Å². The maximum atomic E-state index is 12.8. The molecule has 0 radical (unpaired) electrons. The minimum atomic E-state index is 0.0799. The fourth-order valence-corrected chi connectivity index (χ4v) is 3.63. The number of nitrogens with zero attached hydrogens (tertiary/aromatic N) is 3. The van der Waals surface area contributed by atoms with E-state index in [1.54, 1.807) is 0 Å². The van der Waals surface area contributed by atoms with Crippen LogP contribution in [0.4, 0.5) is 5.13 Å². The Labute approximate surface area is 128 Å². The summed E-state index contributed by atoms with van der Waals surface area (Å²) in [6.07, 6.45) is 5.42. The Morgan fingerprint density at radius 3 is 2.86 bits per heavy atom. The van der Waals surface area contributed by atoms with Crippen LogP contribution in [0.3, 0.4) is 0 Å². The van der Waals surface area contributed by atoms with Gasteiger partial charge in [0, 0.05) is 19.3 Å². The van der Waals surface area contributed by atoms with E-state index in [4.69, 9.17) is 0 Å². The van der Waals surface area contributed by atoms with Gasteiger partial charge in [0.25, 0.3) is 5.56 Å². The number of aryl methyl sites for hydroxylation is 1. The van der Waals surface area contributed by atoms with Gasteiger partial charge in [-0.1, -0.05) is 18.3 Å². The predicted octanol–water partition coefficient (Wildman–Crippen LogP) is 2.70. The fourth-order valence-electron chi connectivity index (χ4n) is 2.93. The van der Waals surface area contributed by atoms with Crippen molar-refractivity contribution in [2.45, 2.75) is 45.6 Å². The lowest BCUT2D eigenvalue weighted by atomic mass is 9.94. The van der Waals surface area contributed by atoms with E-state index in [0.717, 1.165) is 30.9 Å². The average molecular weight is 304 g/mol. The van der Waals surface area contributed by atoms with Crippen LogP contribution < -0.4 is 10.9 Å². The lowest BCUT2D eigenvalue weighted by molar-refractivity contribution is 0.567. The van der Waals surface area contributed by atoms with Crippen LogP contribution in [0.2, 0.25) is 0 Å². The van der Waals surface area contributed by atoms with Crippen molar-refractivity contribution in [1.82, 2.24) is 14.8 Å². The molecule has 21 heavy (non-hydrogen) atoms. The normalized spacial score (nSPS) is 14.0. The van der Waals surface area contributed by atoms with Crippen LogP contribution in [0.15, 0.2) is 10.9 Å². The van der Waals surface area contributed by atoms with E-state index in [2.05, 4.69) is 22.4 Å². The molecule has 0 bridgehead atoms. The molecule has 3 rings (SSSR count). The number of hydrogen-bond acceptors (Lipinski definition) is 5. The zero-order chi connectivity index (χ0) is 14.8. The standard InChI is InChI=1S/C15H20N4OS/c1-3-8-19-12-7-5-4-6-10(12)9-11(14(19)20)13-17-18-15(16-2)21-13/h9H,3-8H2,1-2H3,(H,16,18). The summed E-state index contributed by atoms with van der Waals surface area (Å²) in [5, 5.41) is 12.6. The van der Waals surface area contributed by atoms with E-state index in [0.29, 0.717) is 10.6 Å². The second-order valence-corrected chi connectivity index (χ2v) is 6.33. The second kappa shape index (κ2) is 5.97. The molecule has 0 fully saturated rings. The number of pyridine rings is 1. The highest BCUT2D eigenvalue weighted by Crippen LogP contribution is 2.28. The van der Waals surface area contributed by atoms with Crippen LogP contribution >= 0.6 is 11.3 Å². The largest absolute Gasteiger partial charge is 0.363 e. The highest BCUT2D eigenvalue weighted by Gasteiger charge is 2.20. The summed E-state index contributed by atoms with van der Waals surface area (Å²) in [4.78, 5) is 12.8. The highest BCUT2D eigenvalue weighted by molar-refractivity contribution is 7.18. The van der Waals surface area contributed by atoms with Gasteiger partial charge < -0.3 is 9.88 Å². The van der Waals surface area contributed by atoms with Gasteiger partial charge in [-0.15, -0.1) is 10.2 Å². The van der Waals surface area contributed by atoms with Gasteiger partial charge in [-0.05, 0) is 43.7 Å². The second-order valence-electron chi connectivity index (χ2n) is 5.36. The molecule has 1 aliphatic rings. The predicted molar refractivity (Wildman–Crippen MR) is 86.1 cm³/mol. The smallest absolute Gasteiger partial charge is 0.261 e. The fraction of sp³-hybridized carbons (Fsp3) is 0.533. The highest BCUT2D eigenvalue weighted by atomic mass is 32.1. The van der Waals surface area contributed by atoms with Crippen molar-refractivity contribution in [1.29, 1.82) is 0 Å². The van der Waals surface area contributed by atoms with Crippen LogP contribution in [-0.4, -0.2) is 21.8 Å². The van der Waals surface area contributed by atoms with Gasteiger partial charge in [0.05, 0.1) is 5.56 Å². The third-order valence-electron chi connectivity index (χ3n) is 3.92. The third-order valence-corrected chi connectivity index (χ3v) is 4.89. The number of fused-ring (bicyclic) bond motifs is 1. The summed E-state index contributed by atoms with van der Waals surface area (Å²) in [5.74, 6) is 0. The molecule has 0 saturated carbocycles. The number of aromatic nitrogens is 3. The lowest BCUT2D eigenvalue weighted by Crippen LogP contribution is -2.28. The quantitative estimate of drug-likeness (QED) is 0.943. The summed E-state index contributed by atoms with van der Waals surface area (Å²) < 4.78 is 1.96. The van der Waals surface area contributed by atoms with Gasteiger partial charge >= 0.3 is 0 Å². The molecule has 2 aromatic heterocycles. The zero-order valence-corrected chi connectivity index (χ0v) is 13.3. The van der Waals surface area contributed by atoms with Gasteiger partial charge in [-0.3, -0.25) is 4.79 Å². The molecule has 0 aliphatic heterocycles. The monoisotopic (exact) mass is 304 g/mol. The van der Waals surface area contributed by atoms with E-state index in [1.807, 2.05) is 17.7 Å². The van der Waals surface area contributed by atoms with Crippen molar-refractivity contribution in [2.24, 2.45) is 0 Å².